The van der Waals surface area contributed by atoms with Gasteiger partial charge < -0.3 is 25.2 Å². The van der Waals surface area contributed by atoms with Gasteiger partial charge in [-0.2, -0.15) is 0 Å². The molecule has 0 saturated heterocycles. The van der Waals surface area contributed by atoms with Crippen LogP contribution in [0.5, 0.6) is 0 Å². The van der Waals surface area contributed by atoms with Crippen LogP contribution in [0.4, 0.5) is 0 Å². The van der Waals surface area contributed by atoms with E-state index in [4.69, 9.17) is 29.4 Å². The van der Waals surface area contributed by atoms with Gasteiger partial charge in [-0.1, -0.05) is 154 Å². The molecule has 3 unspecified atom stereocenters. The van der Waals surface area contributed by atoms with E-state index in [1.165, 1.54) is 103 Å². The number of carboxylic acid groups (broad SMARTS) is 1. The molecule has 4 N–H and O–H groups in total. The molecule has 296 valence electrons. The van der Waals surface area contributed by atoms with Crippen molar-refractivity contribution in [2.24, 2.45) is 5.73 Å². The highest BCUT2D eigenvalue weighted by Crippen LogP contribution is 2.43. The van der Waals surface area contributed by atoms with E-state index in [1.807, 2.05) is 0 Å². The van der Waals surface area contributed by atoms with Gasteiger partial charge in [0.15, 0.2) is 0 Å². The molecular formula is C39H76NO9P. The summed E-state index contributed by atoms with van der Waals surface area (Å²) in [6.07, 6.45) is 35.5. The quantitative estimate of drug-likeness (QED) is 0.0240. The third-order valence-corrected chi connectivity index (χ3v) is 9.75. The van der Waals surface area contributed by atoms with Crippen LogP contribution in [0.1, 0.15) is 187 Å². The third-order valence-electron chi connectivity index (χ3n) is 8.79. The molecule has 0 rings (SSSR count). The fourth-order valence-corrected chi connectivity index (χ4v) is 6.38. The van der Waals surface area contributed by atoms with E-state index in [2.05, 4.69) is 26.0 Å². The molecule has 0 saturated carbocycles. The van der Waals surface area contributed by atoms with Crippen molar-refractivity contribution in [3.8, 4) is 0 Å². The lowest BCUT2D eigenvalue weighted by Gasteiger charge is -2.20. The number of esters is 1. The number of phosphoric acid groups is 1. The van der Waals surface area contributed by atoms with Gasteiger partial charge in [-0.15, -0.1) is 0 Å². The number of carboxylic acids is 1. The van der Waals surface area contributed by atoms with Crippen LogP contribution in [0.25, 0.3) is 0 Å². The molecule has 0 aromatic heterocycles. The van der Waals surface area contributed by atoms with Gasteiger partial charge in [0.2, 0.25) is 0 Å². The number of ether oxygens (including phenoxy) is 2. The van der Waals surface area contributed by atoms with Crippen molar-refractivity contribution in [1.29, 1.82) is 0 Å². The smallest absolute Gasteiger partial charge is 0.472 e. The molecule has 11 heteroatoms. The van der Waals surface area contributed by atoms with E-state index in [1.54, 1.807) is 0 Å². The van der Waals surface area contributed by atoms with E-state index in [9.17, 15) is 19.0 Å². The number of carbonyl (C=O) groups excluding carboxylic acids is 1. The van der Waals surface area contributed by atoms with Crippen LogP contribution >= 0.6 is 7.82 Å². The van der Waals surface area contributed by atoms with Gasteiger partial charge in [0.1, 0.15) is 12.1 Å². The molecule has 0 heterocycles. The molecule has 0 aromatic carbocycles. The number of hydrogen-bond acceptors (Lipinski definition) is 8. The minimum Gasteiger partial charge on any atom is -0.480 e. The summed E-state index contributed by atoms with van der Waals surface area (Å²) >= 11 is 0. The highest BCUT2D eigenvalue weighted by Gasteiger charge is 2.27. The van der Waals surface area contributed by atoms with Crippen LogP contribution in [-0.4, -0.2) is 60.5 Å². The molecular weight excluding hydrogens is 657 g/mol. The van der Waals surface area contributed by atoms with E-state index in [0.29, 0.717) is 13.0 Å². The largest absolute Gasteiger partial charge is 0.480 e. The second-order valence-electron chi connectivity index (χ2n) is 13.8. The average Bonchev–Trinajstić information content (AvgIpc) is 3.09. The number of phosphoric ester groups is 1. The molecule has 3 atom stereocenters. The Morgan fingerprint density at radius 2 is 1.04 bits per heavy atom. The summed E-state index contributed by atoms with van der Waals surface area (Å²) in [6.45, 7) is 3.86. The van der Waals surface area contributed by atoms with Gasteiger partial charge in [0.25, 0.3) is 0 Å². The number of unbranched alkanes of at least 4 members (excludes halogenated alkanes) is 23. The van der Waals surface area contributed by atoms with Gasteiger partial charge in [-0.25, -0.2) is 4.57 Å². The van der Waals surface area contributed by atoms with Gasteiger partial charge >= 0.3 is 19.8 Å². The molecule has 0 spiro atoms. The first-order chi connectivity index (χ1) is 24.2. The predicted molar refractivity (Wildman–Crippen MR) is 203 cm³/mol. The third kappa shape index (κ3) is 35.1. The van der Waals surface area contributed by atoms with E-state index >= 15 is 0 Å². The lowest BCUT2D eigenvalue weighted by Crippen LogP contribution is -2.34. The van der Waals surface area contributed by atoms with Crippen molar-refractivity contribution in [3.63, 3.8) is 0 Å². The fraction of sp³-hybridized carbons (Fsp3) is 0.897. The van der Waals surface area contributed by atoms with Crippen LogP contribution in [0.3, 0.4) is 0 Å². The van der Waals surface area contributed by atoms with E-state index < -0.39 is 45.1 Å². The molecule has 50 heavy (non-hydrogen) atoms. The molecule has 0 aromatic rings. The van der Waals surface area contributed by atoms with Gasteiger partial charge in [-0.05, 0) is 38.5 Å². The summed E-state index contributed by atoms with van der Waals surface area (Å²) in [5.74, 6) is -1.78. The lowest BCUT2D eigenvalue weighted by atomic mass is 10.0. The first kappa shape index (κ1) is 48.7. The lowest BCUT2D eigenvalue weighted by molar-refractivity contribution is -0.154. The zero-order valence-corrected chi connectivity index (χ0v) is 32.9. The second kappa shape index (κ2) is 36.1. The fourth-order valence-electron chi connectivity index (χ4n) is 5.60. The molecule has 0 aliphatic heterocycles. The SMILES string of the molecule is CCCCC/C=C\CCCCCCCC(=O)OC(COCCCCCCCCCCCCCCCCCC)COP(=O)(O)OCC(N)C(=O)O. The predicted octanol–water partition coefficient (Wildman–Crippen LogP) is 10.6. The molecule has 0 aliphatic rings. The number of aliphatic carboxylic acids is 1. The number of rotatable bonds is 39. The van der Waals surface area contributed by atoms with Gasteiger partial charge in [-0.3, -0.25) is 18.6 Å². The molecule has 0 radical (unpaired) electrons. The van der Waals surface area contributed by atoms with Crippen LogP contribution in [0, 0.1) is 0 Å². The summed E-state index contributed by atoms with van der Waals surface area (Å²) in [7, 11) is -4.61. The summed E-state index contributed by atoms with van der Waals surface area (Å²) in [5.41, 5.74) is 5.34. The van der Waals surface area contributed by atoms with Crippen LogP contribution < -0.4 is 5.73 Å². The first-order valence-corrected chi connectivity index (χ1v) is 21.7. The van der Waals surface area contributed by atoms with Crippen molar-refractivity contribution in [3.05, 3.63) is 12.2 Å². The molecule has 0 aliphatic carbocycles. The Labute approximate surface area is 305 Å². The number of hydrogen-bond donors (Lipinski definition) is 3. The molecule has 0 bridgehead atoms. The van der Waals surface area contributed by atoms with Gasteiger partial charge in [0.05, 0.1) is 19.8 Å². The zero-order valence-electron chi connectivity index (χ0n) is 32.0. The normalized spacial score (nSPS) is 14.2. The standard InChI is InChI=1S/C39H76NO9P/c1-3-5-7-9-11-13-15-17-18-19-20-22-24-26-28-30-32-46-33-36(34-47-50(44,45)48-35-37(40)39(42)43)49-38(41)31-29-27-25-23-21-16-14-12-10-8-6-4-2/h12,14,36-37H,3-11,13,15-35,40H2,1-2H3,(H,42,43)(H,44,45)/b14-12-. The van der Waals surface area contributed by atoms with Crippen LogP contribution in [0.15, 0.2) is 12.2 Å². The number of carbonyl (C=O) groups is 2. The topological polar surface area (TPSA) is 155 Å². The summed E-state index contributed by atoms with van der Waals surface area (Å²) in [4.78, 5) is 33.4. The summed E-state index contributed by atoms with van der Waals surface area (Å²) in [5, 5.41) is 8.87. The first-order valence-electron chi connectivity index (χ1n) is 20.2. The Hall–Kier alpha value is -1.29. The molecule has 10 nitrogen and oxygen atoms in total. The highest BCUT2D eigenvalue weighted by atomic mass is 31.2. The van der Waals surface area contributed by atoms with Gasteiger partial charge in [0, 0.05) is 13.0 Å². The Balaban J connectivity index is 4.24. The van der Waals surface area contributed by atoms with Crippen molar-refractivity contribution < 1.29 is 42.7 Å². The van der Waals surface area contributed by atoms with Crippen LogP contribution in [-0.2, 0) is 32.7 Å². The van der Waals surface area contributed by atoms with Crippen molar-refractivity contribution in [2.75, 3.05) is 26.4 Å². The minimum absolute atomic E-state index is 0.0189. The van der Waals surface area contributed by atoms with Crippen LogP contribution in [0.2, 0.25) is 0 Å². The Morgan fingerprint density at radius 1 is 0.620 bits per heavy atom. The Bertz CT molecular complexity index is 857. The number of allylic oxidation sites excluding steroid dienone is 2. The average molecular weight is 734 g/mol. The van der Waals surface area contributed by atoms with Crippen molar-refractivity contribution in [1.82, 2.24) is 0 Å². The minimum atomic E-state index is -4.61. The van der Waals surface area contributed by atoms with E-state index in [-0.39, 0.29) is 13.0 Å². The van der Waals surface area contributed by atoms with Crippen molar-refractivity contribution >= 4 is 19.8 Å². The highest BCUT2D eigenvalue weighted by molar-refractivity contribution is 7.47. The Morgan fingerprint density at radius 3 is 1.56 bits per heavy atom. The monoisotopic (exact) mass is 734 g/mol. The molecule has 0 fully saturated rings. The summed E-state index contributed by atoms with van der Waals surface area (Å²) < 4.78 is 33.2. The zero-order chi connectivity index (χ0) is 37.0. The van der Waals surface area contributed by atoms with Crippen molar-refractivity contribution in [2.45, 2.75) is 199 Å². The Kier molecular flexibility index (Phi) is 35.2. The van der Waals surface area contributed by atoms with E-state index in [0.717, 1.165) is 57.8 Å². The second-order valence-corrected chi connectivity index (χ2v) is 15.2. The molecule has 0 amide bonds. The maximum Gasteiger partial charge on any atom is 0.472 e. The maximum atomic E-state index is 12.6. The number of nitrogens with two attached hydrogens (primary N) is 1. The maximum absolute atomic E-state index is 12.6. The summed E-state index contributed by atoms with van der Waals surface area (Å²) in [6, 6.07) is -1.47.